The average Bonchev–Trinajstić information content (AvgIpc) is 2.25. The summed E-state index contributed by atoms with van der Waals surface area (Å²) in [6, 6.07) is 1.36. The molecule has 7 nitrogen and oxygen atoms in total. The SMILES string of the molecule is NC(=O)CCCNc1ncc(Br)cc1[N+](=O)[O-]. The predicted molar refractivity (Wildman–Crippen MR) is 65.5 cm³/mol. The predicted octanol–water partition coefficient (Wildman–Crippen LogP) is 1.43. The van der Waals surface area contributed by atoms with Gasteiger partial charge in [-0.15, -0.1) is 0 Å². The Labute approximate surface area is 106 Å². The van der Waals surface area contributed by atoms with Gasteiger partial charge < -0.3 is 11.1 Å². The van der Waals surface area contributed by atoms with E-state index in [1.165, 1.54) is 12.3 Å². The molecule has 0 radical (unpaired) electrons. The molecule has 0 unspecified atom stereocenters. The molecule has 0 atom stereocenters. The minimum Gasteiger partial charge on any atom is -0.370 e. The summed E-state index contributed by atoms with van der Waals surface area (Å²) in [6.45, 7) is 0.401. The lowest BCUT2D eigenvalue weighted by Gasteiger charge is -2.05. The molecule has 0 fully saturated rings. The van der Waals surface area contributed by atoms with Crippen LogP contribution in [0.5, 0.6) is 0 Å². The Hall–Kier alpha value is -1.70. The highest BCUT2D eigenvalue weighted by atomic mass is 79.9. The number of pyridine rings is 1. The highest BCUT2D eigenvalue weighted by molar-refractivity contribution is 9.10. The van der Waals surface area contributed by atoms with Gasteiger partial charge in [0, 0.05) is 29.7 Å². The largest absolute Gasteiger partial charge is 0.370 e. The number of amides is 1. The van der Waals surface area contributed by atoms with E-state index in [0.717, 1.165) is 0 Å². The molecule has 0 aliphatic heterocycles. The van der Waals surface area contributed by atoms with Gasteiger partial charge in [0.05, 0.1) is 4.92 Å². The maximum absolute atomic E-state index is 10.7. The van der Waals surface area contributed by atoms with Crippen LogP contribution in [0.3, 0.4) is 0 Å². The van der Waals surface area contributed by atoms with E-state index >= 15 is 0 Å². The number of hydrogen-bond donors (Lipinski definition) is 2. The van der Waals surface area contributed by atoms with E-state index < -0.39 is 10.8 Å². The van der Waals surface area contributed by atoms with Gasteiger partial charge in [-0.1, -0.05) is 0 Å². The van der Waals surface area contributed by atoms with Gasteiger partial charge in [-0.05, 0) is 22.4 Å². The number of carbonyl (C=O) groups excluding carboxylic acids is 1. The van der Waals surface area contributed by atoms with Crippen LogP contribution in [-0.2, 0) is 4.79 Å². The number of aromatic nitrogens is 1. The van der Waals surface area contributed by atoms with E-state index in [1.54, 1.807) is 0 Å². The van der Waals surface area contributed by atoms with Crippen LogP contribution in [-0.4, -0.2) is 22.4 Å². The molecule has 3 N–H and O–H groups in total. The molecular weight excluding hydrogens is 292 g/mol. The molecule has 92 valence electrons. The highest BCUT2D eigenvalue weighted by Gasteiger charge is 2.15. The lowest BCUT2D eigenvalue weighted by atomic mass is 10.3. The van der Waals surface area contributed by atoms with Crippen molar-refractivity contribution in [1.82, 2.24) is 4.98 Å². The molecule has 0 aliphatic rings. The van der Waals surface area contributed by atoms with Crippen molar-refractivity contribution in [1.29, 1.82) is 0 Å². The maximum atomic E-state index is 10.7. The van der Waals surface area contributed by atoms with Gasteiger partial charge in [0.25, 0.3) is 0 Å². The van der Waals surface area contributed by atoms with Crippen LogP contribution in [0.1, 0.15) is 12.8 Å². The monoisotopic (exact) mass is 302 g/mol. The van der Waals surface area contributed by atoms with E-state index in [2.05, 4.69) is 26.2 Å². The second-order valence-electron chi connectivity index (χ2n) is 3.28. The number of halogens is 1. The van der Waals surface area contributed by atoms with Crippen LogP contribution in [0, 0.1) is 10.1 Å². The molecule has 1 rings (SSSR count). The number of rotatable bonds is 6. The summed E-state index contributed by atoms with van der Waals surface area (Å²) < 4.78 is 0.534. The topological polar surface area (TPSA) is 111 Å². The summed E-state index contributed by atoms with van der Waals surface area (Å²) in [4.78, 5) is 24.6. The maximum Gasteiger partial charge on any atom is 0.312 e. The molecule has 0 saturated heterocycles. The lowest BCUT2D eigenvalue weighted by molar-refractivity contribution is -0.384. The van der Waals surface area contributed by atoms with Gasteiger partial charge in [0.2, 0.25) is 11.7 Å². The standard InChI is InChI=1S/C9H11BrN4O3/c10-6-4-7(14(16)17)9(13-5-6)12-3-1-2-8(11)15/h4-5H,1-3H2,(H2,11,15)(H,12,13). The number of anilines is 1. The molecule has 0 aliphatic carbocycles. The minimum absolute atomic E-state index is 0.113. The second kappa shape index (κ2) is 6.14. The number of primary amides is 1. The van der Waals surface area contributed by atoms with Crippen molar-refractivity contribution in [3.8, 4) is 0 Å². The van der Waals surface area contributed by atoms with Crippen LogP contribution >= 0.6 is 15.9 Å². The smallest absolute Gasteiger partial charge is 0.312 e. The van der Waals surface area contributed by atoms with Crippen LogP contribution in [0.4, 0.5) is 11.5 Å². The fourth-order valence-electron chi connectivity index (χ4n) is 1.17. The second-order valence-corrected chi connectivity index (χ2v) is 4.19. The zero-order valence-corrected chi connectivity index (χ0v) is 10.4. The number of nitrogens with zero attached hydrogens (tertiary/aromatic N) is 2. The Balaban J connectivity index is 2.64. The first-order valence-corrected chi connectivity index (χ1v) is 5.62. The van der Waals surface area contributed by atoms with Gasteiger partial charge >= 0.3 is 5.69 Å². The molecular formula is C9H11BrN4O3. The fraction of sp³-hybridized carbons (Fsp3) is 0.333. The number of nitro groups is 1. The molecule has 1 aromatic rings. The van der Waals surface area contributed by atoms with Crippen molar-refractivity contribution in [2.45, 2.75) is 12.8 Å². The molecule has 1 aromatic heterocycles. The first-order chi connectivity index (χ1) is 8.00. The zero-order chi connectivity index (χ0) is 12.8. The number of nitrogens with two attached hydrogens (primary N) is 1. The Kier molecular flexibility index (Phi) is 4.83. The first kappa shape index (κ1) is 13.4. The van der Waals surface area contributed by atoms with Crippen molar-refractivity contribution < 1.29 is 9.72 Å². The van der Waals surface area contributed by atoms with Crippen molar-refractivity contribution in [2.24, 2.45) is 5.73 Å². The van der Waals surface area contributed by atoms with Crippen molar-refractivity contribution >= 4 is 33.3 Å². The Morgan fingerprint density at radius 3 is 2.94 bits per heavy atom. The fourth-order valence-corrected chi connectivity index (χ4v) is 1.49. The van der Waals surface area contributed by atoms with E-state index in [1.807, 2.05) is 0 Å². The molecule has 0 saturated carbocycles. The van der Waals surface area contributed by atoms with E-state index in [-0.39, 0.29) is 17.9 Å². The summed E-state index contributed by atoms with van der Waals surface area (Å²) in [5, 5.41) is 13.5. The van der Waals surface area contributed by atoms with Crippen LogP contribution < -0.4 is 11.1 Å². The van der Waals surface area contributed by atoms with Gasteiger partial charge in [0.15, 0.2) is 0 Å². The number of nitrogens with one attached hydrogen (secondary N) is 1. The Morgan fingerprint density at radius 1 is 1.65 bits per heavy atom. The van der Waals surface area contributed by atoms with Gasteiger partial charge in [-0.3, -0.25) is 14.9 Å². The summed E-state index contributed by atoms with van der Waals surface area (Å²) in [6.07, 6.45) is 2.20. The molecule has 1 heterocycles. The van der Waals surface area contributed by atoms with Gasteiger partial charge in [-0.2, -0.15) is 0 Å². The molecule has 1 amide bonds. The molecule has 17 heavy (non-hydrogen) atoms. The van der Waals surface area contributed by atoms with E-state index in [4.69, 9.17) is 5.73 Å². The average molecular weight is 303 g/mol. The summed E-state index contributed by atoms with van der Waals surface area (Å²) in [7, 11) is 0. The van der Waals surface area contributed by atoms with Gasteiger partial charge in [-0.25, -0.2) is 4.98 Å². The van der Waals surface area contributed by atoms with Crippen LogP contribution in [0.2, 0.25) is 0 Å². The van der Waals surface area contributed by atoms with Crippen LogP contribution in [0.25, 0.3) is 0 Å². The lowest BCUT2D eigenvalue weighted by Crippen LogP contribution is -2.13. The summed E-state index contributed by atoms with van der Waals surface area (Å²) in [5.41, 5.74) is 4.86. The zero-order valence-electron chi connectivity index (χ0n) is 8.85. The van der Waals surface area contributed by atoms with E-state index in [0.29, 0.717) is 17.4 Å². The van der Waals surface area contributed by atoms with Crippen molar-refractivity contribution in [3.63, 3.8) is 0 Å². The van der Waals surface area contributed by atoms with Crippen LogP contribution in [0.15, 0.2) is 16.7 Å². The van der Waals surface area contributed by atoms with Gasteiger partial charge in [0.1, 0.15) is 0 Å². The first-order valence-electron chi connectivity index (χ1n) is 4.83. The normalized spacial score (nSPS) is 9.94. The Morgan fingerprint density at radius 2 is 2.35 bits per heavy atom. The minimum atomic E-state index is -0.520. The van der Waals surface area contributed by atoms with Crippen molar-refractivity contribution in [2.75, 3.05) is 11.9 Å². The number of carbonyl (C=O) groups is 1. The summed E-state index contributed by atoms with van der Waals surface area (Å²) in [5.74, 6) is -0.215. The summed E-state index contributed by atoms with van der Waals surface area (Å²) >= 11 is 3.11. The number of hydrogen-bond acceptors (Lipinski definition) is 5. The Bertz CT molecular complexity index is 438. The third-order valence-electron chi connectivity index (χ3n) is 1.92. The highest BCUT2D eigenvalue weighted by Crippen LogP contribution is 2.25. The molecule has 0 aromatic carbocycles. The third-order valence-corrected chi connectivity index (χ3v) is 2.36. The molecule has 0 spiro atoms. The molecule has 8 heteroatoms. The quantitative estimate of drug-likeness (QED) is 0.469. The third kappa shape index (κ3) is 4.35. The molecule has 0 bridgehead atoms. The van der Waals surface area contributed by atoms with Crippen molar-refractivity contribution in [3.05, 3.63) is 26.9 Å². The van der Waals surface area contributed by atoms with E-state index in [9.17, 15) is 14.9 Å².